The molecule has 1 aliphatic rings. The number of nitrogens with one attached hydrogen (secondary N) is 1. The minimum Gasteiger partial charge on any atom is -0.314 e. The molecule has 17 heavy (non-hydrogen) atoms. The molecule has 0 amide bonds. The molecule has 3 nitrogen and oxygen atoms in total. The molecule has 0 saturated carbocycles. The van der Waals surface area contributed by atoms with Crippen LogP contribution in [0.4, 0.5) is 0 Å². The summed E-state index contributed by atoms with van der Waals surface area (Å²) in [5.41, 5.74) is 1.35. The summed E-state index contributed by atoms with van der Waals surface area (Å²) >= 11 is 0. The highest BCUT2D eigenvalue weighted by Gasteiger charge is 2.23. The third-order valence-corrected chi connectivity index (χ3v) is 3.96. The van der Waals surface area contributed by atoms with Gasteiger partial charge in [-0.05, 0) is 5.56 Å². The Bertz CT molecular complexity index is 369. The molecule has 0 bridgehead atoms. The van der Waals surface area contributed by atoms with Crippen molar-refractivity contribution in [3.8, 4) is 0 Å². The van der Waals surface area contributed by atoms with Crippen LogP contribution in [-0.4, -0.2) is 47.3 Å². The van der Waals surface area contributed by atoms with Crippen LogP contribution >= 0.6 is 0 Å². The van der Waals surface area contributed by atoms with Crippen molar-refractivity contribution < 1.29 is 4.21 Å². The van der Waals surface area contributed by atoms with E-state index in [0.717, 1.165) is 31.9 Å². The molecule has 0 aromatic heterocycles. The van der Waals surface area contributed by atoms with Crippen LogP contribution in [0.3, 0.4) is 0 Å². The molecule has 1 aromatic rings. The van der Waals surface area contributed by atoms with Crippen LogP contribution in [-0.2, 0) is 10.8 Å². The van der Waals surface area contributed by atoms with Crippen molar-refractivity contribution in [3.63, 3.8) is 0 Å². The molecule has 1 heterocycles. The third-order valence-electron chi connectivity index (χ3n) is 3.20. The maximum Gasteiger partial charge on any atom is 0.0473 e. The Morgan fingerprint density at radius 2 is 2.18 bits per heavy atom. The number of rotatable bonds is 4. The lowest BCUT2D eigenvalue weighted by Gasteiger charge is -2.36. The zero-order valence-electron chi connectivity index (χ0n) is 10.3. The van der Waals surface area contributed by atoms with Crippen molar-refractivity contribution in [2.45, 2.75) is 6.04 Å². The minimum absolute atomic E-state index is 0.425. The van der Waals surface area contributed by atoms with Crippen LogP contribution in [0.15, 0.2) is 30.3 Å². The third kappa shape index (κ3) is 3.63. The normalized spacial score (nSPS) is 23.5. The number of hydrogen-bond donors (Lipinski definition) is 1. The average molecular weight is 252 g/mol. The van der Waals surface area contributed by atoms with Crippen LogP contribution in [0.2, 0.25) is 0 Å². The Hall–Kier alpha value is -0.710. The summed E-state index contributed by atoms with van der Waals surface area (Å²) in [6.07, 6.45) is 1.78. The first-order valence-corrected chi connectivity index (χ1v) is 7.80. The topological polar surface area (TPSA) is 32.3 Å². The zero-order chi connectivity index (χ0) is 12.1. The van der Waals surface area contributed by atoms with Gasteiger partial charge in [0.1, 0.15) is 0 Å². The van der Waals surface area contributed by atoms with E-state index in [1.165, 1.54) is 5.56 Å². The molecule has 1 fully saturated rings. The first-order chi connectivity index (χ1) is 8.27. The second kappa shape index (κ2) is 6.28. The standard InChI is InChI=1S/C13H20N2OS/c1-17(16)10-9-15-8-7-14-11-13(15)12-5-3-2-4-6-12/h2-6,13-14H,7-11H2,1H3. The lowest BCUT2D eigenvalue weighted by Crippen LogP contribution is -2.47. The smallest absolute Gasteiger partial charge is 0.0473 e. The molecule has 1 saturated heterocycles. The monoisotopic (exact) mass is 252 g/mol. The Morgan fingerprint density at radius 1 is 1.41 bits per heavy atom. The van der Waals surface area contributed by atoms with E-state index in [4.69, 9.17) is 0 Å². The Morgan fingerprint density at radius 3 is 2.88 bits per heavy atom. The van der Waals surface area contributed by atoms with Gasteiger partial charge in [0.05, 0.1) is 0 Å². The number of piperazine rings is 1. The van der Waals surface area contributed by atoms with Gasteiger partial charge in [-0.3, -0.25) is 9.11 Å². The predicted octanol–water partition coefficient (Wildman–Crippen LogP) is 1.01. The second-order valence-electron chi connectivity index (χ2n) is 4.44. The number of benzene rings is 1. The van der Waals surface area contributed by atoms with E-state index in [1.807, 2.05) is 6.07 Å². The fourth-order valence-corrected chi connectivity index (χ4v) is 2.76. The predicted molar refractivity (Wildman–Crippen MR) is 72.6 cm³/mol. The average Bonchev–Trinajstić information content (AvgIpc) is 2.38. The van der Waals surface area contributed by atoms with E-state index >= 15 is 0 Å². The minimum atomic E-state index is -0.701. The molecule has 1 N–H and O–H groups in total. The van der Waals surface area contributed by atoms with Crippen molar-refractivity contribution in [1.29, 1.82) is 0 Å². The Labute approximate surface area is 106 Å². The van der Waals surface area contributed by atoms with Crippen molar-refractivity contribution in [2.75, 3.05) is 38.2 Å². The Balaban J connectivity index is 2.04. The van der Waals surface area contributed by atoms with Gasteiger partial charge in [0.2, 0.25) is 0 Å². The number of nitrogens with zero attached hydrogens (tertiary/aromatic N) is 1. The molecule has 94 valence electrons. The van der Waals surface area contributed by atoms with Gasteiger partial charge in [-0.1, -0.05) is 30.3 Å². The van der Waals surface area contributed by atoms with E-state index < -0.39 is 10.8 Å². The maximum absolute atomic E-state index is 11.2. The van der Waals surface area contributed by atoms with Gasteiger partial charge >= 0.3 is 0 Å². The molecule has 1 aromatic carbocycles. The quantitative estimate of drug-likeness (QED) is 0.868. The maximum atomic E-state index is 11.2. The van der Waals surface area contributed by atoms with Crippen molar-refractivity contribution in [1.82, 2.24) is 10.2 Å². The van der Waals surface area contributed by atoms with E-state index in [0.29, 0.717) is 6.04 Å². The van der Waals surface area contributed by atoms with Crippen LogP contribution in [0, 0.1) is 0 Å². The first kappa shape index (κ1) is 12.7. The van der Waals surface area contributed by atoms with E-state index in [9.17, 15) is 4.21 Å². The van der Waals surface area contributed by atoms with Crippen molar-refractivity contribution >= 4 is 10.8 Å². The Kier molecular flexibility index (Phi) is 4.71. The molecule has 4 heteroatoms. The van der Waals surface area contributed by atoms with Crippen LogP contribution in [0.25, 0.3) is 0 Å². The lowest BCUT2D eigenvalue weighted by atomic mass is 10.0. The molecule has 0 radical (unpaired) electrons. The summed E-state index contributed by atoms with van der Waals surface area (Å²) in [6, 6.07) is 11.0. The zero-order valence-corrected chi connectivity index (χ0v) is 11.1. The fourth-order valence-electron chi connectivity index (χ4n) is 2.26. The summed E-state index contributed by atoms with van der Waals surface area (Å²) in [5, 5.41) is 3.43. The number of hydrogen-bond acceptors (Lipinski definition) is 3. The van der Waals surface area contributed by atoms with E-state index in [1.54, 1.807) is 6.26 Å². The molecule has 0 spiro atoms. The molecular weight excluding hydrogens is 232 g/mol. The van der Waals surface area contributed by atoms with Crippen LogP contribution in [0.5, 0.6) is 0 Å². The van der Waals surface area contributed by atoms with E-state index in [-0.39, 0.29) is 0 Å². The fraction of sp³-hybridized carbons (Fsp3) is 0.538. The summed E-state index contributed by atoms with van der Waals surface area (Å²) in [6.45, 7) is 3.97. The summed E-state index contributed by atoms with van der Waals surface area (Å²) < 4.78 is 11.2. The van der Waals surface area contributed by atoms with Crippen molar-refractivity contribution in [3.05, 3.63) is 35.9 Å². The van der Waals surface area contributed by atoms with Gasteiger partial charge in [-0.2, -0.15) is 0 Å². The SMILES string of the molecule is CS(=O)CCN1CCNCC1c1ccccc1. The highest BCUT2D eigenvalue weighted by atomic mass is 32.2. The van der Waals surface area contributed by atoms with Gasteiger partial charge in [0.15, 0.2) is 0 Å². The van der Waals surface area contributed by atoms with Gasteiger partial charge < -0.3 is 5.32 Å². The highest BCUT2D eigenvalue weighted by Crippen LogP contribution is 2.21. The second-order valence-corrected chi connectivity index (χ2v) is 6.00. The molecule has 2 unspecified atom stereocenters. The summed E-state index contributed by atoms with van der Waals surface area (Å²) in [4.78, 5) is 2.44. The molecule has 1 aliphatic heterocycles. The van der Waals surface area contributed by atoms with Gasteiger partial charge in [0, 0.05) is 55.0 Å². The van der Waals surface area contributed by atoms with Gasteiger partial charge in [0.25, 0.3) is 0 Å². The highest BCUT2D eigenvalue weighted by molar-refractivity contribution is 7.84. The van der Waals surface area contributed by atoms with E-state index in [2.05, 4.69) is 34.5 Å². The van der Waals surface area contributed by atoms with Crippen molar-refractivity contribution in [2.24, 2.45) is 0 Å². The van der Waals surface area contributed by atoms with Crippen LogP contribution < -0.4 is 5.32 Å². The first-order valence-electron chi connectivity index (χ1n) is 6.07. The molecular formula is C13H20N2OS. The molecule has 0 aliphatic carbocycles. The largest absolute Gasteiger partial charge is 0.314 e. The van der Waals surface area contributed by atoms with Crippen LogP contribution in [0.1, 0.15) is 11.6 Å². The molecule has 2 atom stereocenters. The summed E-state index contributed by atoms with van der Waals surface area (Å²) in [5.74, 6) is 0.767. The lowest BCUT2D eigenvalue weighted by molar-refractivity contribution is 0.172. The summed E-state index contributed by atoms with van der Waals surface area (Å²) in [7, 11) is -0.701. The van der Waals surface area contributed by atoms with Gasteiger partial charge in [-0.15, -0.1) is 0 Å². The van der Waals surface area contributed by atoms with Gasteiger partial charge in [-0.25, -0.2) is 0 Å². The molecule has 2 rings (SSSR count).